The zero-order valence-corrected chi connectivity index (χ0v) is 16.5. The van der Waals surface area contributed by atoms with Gasteiger partial charge in [0.1, 0.15) is 0 Å². The van der Waals surface area contributed by atoms with Crippen molar-refractivity contribution >= 4 is 31.5 Å². The van der Waals surface area contributed by atoms with Crippen LogP contribution in [0.1, 0.15) is 12.5 Å². The smallest absolute Gasteiger partial charge is 0.195 e. The van der Waals surface area contributed by atoms with E-state index in [1.807, 2.05) is 54.6 Å². The Balaban J connectivity index is 1.73. The van der Waals surface area contributed by atoms with Gasteiger partial charge in [-0.25, -0.2) is 0 Å². The molecule has 1 heterocycles. The topological polar surface area (TPSA) is 29.5 Å². The van der Waals surface area contributed by atoms with E-state index in [2.05, 4.69) is 25.0 Å². The van der Waals surface area contributed by atoms with Crippen molar-refractivity contribution in [1.29, 1.82) is 0 Å². The first kappa shape index (κ1) is 19.5. The van der Waals surface area contributed by atoms with Gasteiger partial charge in [0.25, 0.3) is 0 Å². The molecular formula is C23H25NO2S. The molecular weight excluding hydrogens is 354 g/mol. The summed E-state index contributed by atoms with van der Waals surface area (Å²) in [6, 6.07) is 14.1. The van der Waals surface area contributed by atoms with Crippen LogP contribution in [0.2, 0.25) is 0 Å². The van der Waals surface area contributed by atoms with E-state index in [0.29, 0.717) is 13.2 Å². The highest BCUT2D eigenvalue weighted by molar-refractivity contribution is 7.24. The van der Waals surface area contributed by atoms with E-state index in [1.54, 1.807) is 11.3 Å². The maximum atomic E-state index is 12.8. The molecule has 2 aromatic carbocycles. The van der Waals surface area contributed by atoms with Gasteiger partial charge in [0.05, 0.1) is 13.2 Å². The second-order valence-corrected chi connectivity index (χ2v) is 7.74. The third kappa shape index (κ3) is 4.53. The van der Waals surface area contributed by atoms with Crippen LogP contribution in [-0.4, -0.2) is 30.6 Å². The first-order valence-electron chi connectivity index (χ1n) is 9.12. The molecule has 1 unspecified atom stereocenters. The fourth-order valence-electron chi connectivity index (χ4n) is 3.16. The largest absolute Gasteiger partial charge is 0.375 e. The second kappa shape index (κ2) is 9.09. The summed E-state index contributed by atoms with van der Waals surface area (Å²) in [4.78, 5) is 15.0. The third-order valence-electron chi connectivity index (χ3n) is 4.62. The van der Waals surface area contributed by atoms with Crippen molar-refractivity contribution in [3.63, 3.8) is 0 Å². The summed E-state index contributed by atoms with van der Waals surface area (Å²) >= 11 is 1.65. The average Bonchev–Trinajstić information content (AvgIpc) is 2.68. The van der Waals surface area contributed by atoms with Gasteiger partial charge in [-0.3, -0.25) is 9.69 Å². The molecule has 0 N–H and O–H groups in total. The zero-order chi connectivity index (χ0) is 19.2. The maximum Gasteiger partial charge on any atom is 0.195 e. The van der Waals surface area contributed by atoms with E-state index < -0.39 is 0 Å². The van der Waals surface area contributed by atoms with Crippen LogP contribution in [0.5, 0.6) is 0 Å². The normalized spacial score (nSPS) is 12.5. The van der Waals surface area contributed by atoms with Crippen LogP contribution >= 0.6 is 11.3 Å². The maximum absolute atomic E-state index is 12.8. The molecule has 0 saturated carbocycles. The minimum atomic E-state index is 0.0951. The molecule has 1 aromatic heterocycles. The van der Waals surface area contributed by atoms with E-state index >= 15 is 0 Å². The standard InChI is InChI=1S/C23H25NO2S/c1-4-12-24(13-5-2)17(3)15-26-16-18-10-11-22-20(14-18)23(25)19-8-6-7-9-21(19)27-22/h4-11,14,17H,1-2,12-13,15-16H2,3H3. The third-order valence-corrected chi connectivity index (χ3v) is 5.77. The van der Waals surface area contributed by atoms with Crippen LogP contribution in [0.3, 0.4) is 0 Å². The van der Waals surface area contributed by atoms with Crippen LogP contribution in [0.4, 0.5) is 0 Å². The molecule has 3 aromatic rings. The zero-order valence-electron chi connectivity index (χ0n) is 15.7. The van der Waals surface area contributed by atoms with Crippen LogP contribution in [-0.2, 0) is 11.3 Å². The highest BCUT2D eigenvalue weighted by atomic mass is 32.1. The monoisotopic (exact) mass is 379 g/mol. The second-order valence-electron chi connectivity index (χ2n) is 6.65. The van der Waals surface area contributed by atoms with Crippen molar-refractivity contribution in [3.8, 4) is 0 Å². The van der Waals surface area contributed by atoms with Gasteiger partial charge in [0.2, 0.25) is 0 Å². The van der Waals surface area contributed by atoms with Gasteiger partial charge in [-0.15, -0.1) is 24.5 Å². The summed E-state index contributed by atoms with van der Waals surface area (Å²) in [6.45, 7) is 12.5. The van der Waals surface area contributed by atoms with E-state index in [9.17, 15) is 4.79 Å². The van der Waals surface area contributed by atoms with Crippen molar-refractivity contribution < 1.29 is 4.74 Å². The van der Waals surface area contributed by atoms with E-state index in [1.165, 1.54) is 0 Å². The van der Waals surface area contributed by atoms with Crippen molar-refractivity contribution in [2.75, 3.05) is 19.7 Å². The number of hydrogen-bond acceptors (Lipinski definition) is 4. The first-order chi connectivity index (χ1) is 13.1. The predicted octanol–water partition coefficient (Wildman–Crippen LogP) is 4.99. The predicted molar refractivity (Wildman–Crippen MR) is 117 cm³/mol. The molecule has 0 bridgehead atoms. The number of benzene rings is 2. The molecule has 0 aliphatic rings. The Morgan fingerprint density at radius 2 is 1.78 bits per heavy atom. The van der Waals surface area contributed by atoms with Gasteiger partial charge in [0.15, 0.2) is 5.43 Å². The lowest BCUT2D eigenvalue weighted by Crippen LogP contribution is -2.36. The van der Waals surface area contributed by atoms with Crippen molar-refractivity contribution in [2.45, 2.75) is 19.6 Å². The van der Waals surface area contributed by atoms with Crippen molar-refractivity contribution in [2.24, 2.45) is 0 Å². The molecule has 0 aliphatic heterocycles. The molecule has 0 saturated heterocycles. The summed E-state index contributed by atoms with van der Waals surface area (Å²) in [5.74, 6) is 0. The summed E-state index contributed by atoms with van der Waals surface area (Å²) in [5, 5.41) is 1.55. The molecule has 27 heavy (non-hydrogen) atoms. The Kier molecular flexibility index (Phi) is 6.56. The fourth-order valence-corrected chi connectivity index (χ4v) is 4.21. The van der Waals surface area contributed by atoms with Gasteiger partial charge >= 0.3 is 0 Å². The summed E-state index contributed by atoms with van der Waals surface area (Å²) in [7, 11) is 0. The Bertz CT molecular complexity index is 998. The lowest BCUT2D eigenvalue weighted by atomic mass is 10.1. The van der Waals surface area contributed by atoms with Crippen LogP contribution in [0.15, 0.2) is 72.6 Å². The summed E-state index contributed by atoms with van der Waals surface area (Å²) in [5.41, 5.74) is 1.12. The Hall–Kier alpha value is -2.27. The number of fused-ring (bicyclic) bond motifs is 2. The Morgan fingerprint density at radius 3 is 2.52 bits per heavy atom. The number of hydrogen-bond donors (Lipinski definition) is 0. The minimum Gasteiger partial charge on any atom is -0.375 e. The fraction of sp³-hybridized carbons (Fsp3) is 0.261. The van der Waals surface area contributed by atoms with E-state index in [4.69, 9.17) is 4.74 Å². The van der Waals surface area contributed by atoms with Gasteiger partial charge in [0, 0.05) is 39.3 Å². The minimum absolute atomic E-state index is 0.0951. The molecule has 1 atom stereocenters. The number of rotatable bonds is 9. The van der Waals surface area contributed by atoms with Gasteiger partial charge in [-0.05, 0) is 36.8 Å². The van der Waals surface area contributed by atoms with Crippen molar-refractivity contribution in [1.82, 2.24) is 4.90 Å². The molecule has 0 fully saturated rings. The lowest BCUT2D eigenvalue weighted by Gasteiger charge is -2.26. The van der Waals surface area contributed by atoms with Crippen molar-refractivity contribution in [3.05, 3.63) is 83.6 Å². The SMILES string of the molecule is C=CCN(CC=C)C(C)COCc1ccc2sc3ccccc3c(=O)c2c1. The van der Waals surface area contributed by atoms with E-state index in [0.717, 1.165) is 38.8 Å². The van der Waals surface area contributed by atoms with Gasteiger partial charge < -0.3 is 4.74 Å². The molecule has 0 radical (unpaired) electrons. The van der Waals surface area contributed by atoms with Crippen LogP contribution in [0, 0.1) is 0 Å². The highest BCUT2D eigenvalue weighted by Crippen LogP contribution is 2.25. The molecule has 140 valence electrons. The number of nitrogens with zero attached hydrogens (tertiary/aromatic N) is 1. The quantitative estimate of drug-likeness (QED) is 0.387. The molecule has 3 nitrogen and oxygen atoms in total. The molecule has 0 amide bonds. The lowest BCUT2D eigenvalue weighted by molar-refractivity contribution is 0.0657. The van der Waals surface area contributed by atoms with Crippen LogP contribution in [0.25, 0.3) is 20.2 Å². The highest BCUT2D eigenvalue weighted by Gasteiger charge is 2.11. The summed E-state index contributed by atoms with van der Waals surface area (Å²) < 4.78 is 7.96. The molecule has 4 heteroatoms. The summed E-state index contributed by atoms with van der Waals surface area (Å²) in [6.07, 6.45) is 3.79. The molecule has 3 rings (SSSR count). The van der Waals surface area contributed by atoms with Crippen LogP contribution < -0.4 is 5.43 Å². The van der Waals surface area contributed by atoms with E-state index in [-0.39, 0.29) is 11.5 Å². The molecule has 0 spiro atoms. The Labute approximate surface area is 164 Å². The Morgan fingerprint density at radius 1 is 1.07 bits per heavy atom. The number of ether oxygens (including phenoxy) is 1. The van der Waals surface area contributed by atoms with Gasteiger partial charge in [-0.2, -0.15) is 0 Å². The first-order valence-corrected chi connectivity index (χ1v) is 9.93. The molecule has 0 aliphatic carbocycles. The average molecular weight is 380 g/mol. The van der Waals surface area contributed by atoms with Gasteiger partial charge in [-0.1, -0.05) is 30.4 Å².